The summed E-state index contributed by atoms with van der Waals surface area (Å²) in [5, 5.41) is 15.9. The van der Waals surface area contributed by atoms with Crippen molar-refractivity contribution in [2.24, 2.45) is 0 Å². The van der Waals surface area contributed by atoms with Gasteiger partial charge in [-0.25, -0.2) is 9.69 Å². The van der Waals surface area contributed by atoms with E-state index in [0.717, 1.165) is 11.6 Å². The Hall–Kier alpha value is -5.32. The number of para-hydroxylation sites is 1. The number of aryl methyl sites for hydroxylation is 1. The van der Waals surface area contributed by atoms with E-state index in [1.807, 2.05) is 25.1 Å². The molecule has 1 fully saturated rings. The van der Waals surface area contributed by atoms with Crippen molar-refractivity contribution in [3.8, 4) is 5.75 Å². The maximum Gasteiger partial charge on any atom is 0.335 e. The average molecular weight is 500 g/mol. The number of rotatable bonds is 7. The number of benzene rings is 3. The summed E-state index contributed by atoms with van der Waals surface area (Å²) in [7, 11) is 0. The number of barbiturate groups is 1. The van der Waals surface area contributed by atoms with Gasteiger partial charge < -0.3 is 10.1 Å². The van der Waals surface area contributed by atoms with Crippen LogP contribution >= 0.6 is 0 Å². The molecule has 2 N–H and O–H groups in total. The molecular formula is C26H20N4O7. The Bertz CT molecular complexity index is 1450. The fourth-order valence-electron chi connectivity index (χ4n) is 3.51. The molecule has 0 atom stereocenters. The molecule has 0 aromatic heterocycles. The van der Waals surface area contributed by atoms with Gasteiger partial charge in [-0.1, -0.05) is 36.4 Å². The van der Waals surface area contributed by atoms with Crippen LogP contribution in [0, 0.1) is 17.0 Å². The molecule has 186 valence electrons. The lowest BCUT2D eigenvalue weighted by atomic mass is 10.1. The van der Waals surface area contributed by atoms with Gasteiger partial charge in [0.15, 0.2) is 6.61 Å². The lowest BCUT2D eigenvalue weighted by molar-refractivity contribution is -0.384. The number of amides is 5. The molecule has 1 saturated heterocycles. The quantitative estimate of drug-likeness (QED) is 0.218. The molecular weight excluding hydrogens is 480 g/mol. The summed E-state index contributed by atoms with van der Waals surface area (Å²) in [5.74, 6) is -1.78. The maximum atomic E-state index is 13.0. The Balaban J connectivity index is 1.46. The lowest BCUT2D eigenvalue weighted by Crippen LogP contribution is -2.54. The number of nitrogens with one attached hydrogen (secondary N) is 2. The summed E-state index contributed by atoms with van der Waals surface area (Å²) in [4.78, 5) is 60.9. The van der Waals surface area contributed by atoms with Crippen molar-refractivity contribution in [3.63, 3.8) is 0 Å². The first kappa shape index (κ1) is 24.8. The van der Waals surface area contributed by atoms with Crippen LogP contribution in [0.15, 0.2) is 78.4 Å². The molecule has 0 unspecified atom stereocenters. The molecule has 37 heavy (non-hydrogen) atoms. The molecule has 1 aliphatic heterocycles. The Morgan fingerprint density at radius 3 is 2.49 bits per heavy atom. The number of nitrogens with zero attached hydrogens (tertiary/aromatic N) is 2. The number of imide groups is 2. The van der Waals surface area contributed by atoms with Crippen LogP contribution in [0.2, 0.25) is 0 Å². The van der Waals surface area contributed by atoms with Gasteiger partial charge in [0.05, 0.1) is 10.6 Å². The van der Waals surface area contributed by atoms with Gasteiger partial charge in [-0.2, -0.15) is 0 Å². The number of carbonyl (C=O) groups excluding carboxylic acids is 4. The summed E-state index contributed by atoms with van der Waals surface area (Å²) >= 11 is 0. The monoisotopic (exact) mass is 500 g/mol. The van der Waals surface area contributed by atoms with Crippen LogP contribution in [0.5, 0.6) is 5.75 Å². The highest BCUT2D eigenvalue weighted by atomic mass is 16.6. The molecule has 1 aliphatic rings. The van der Waals surface area contributed by atoms with E-state index in [2.05, 4.69) is 10.6 Å². The van der Waals surface area contributed by atoms with Gasteiger partial charge in [-0.3, -0.25) is 29.8 Å². The molecule has 3 aromatic rings. The van der Waals surface area contributed by atoms with Gasteiger partial charge in [0, 0.05) is 17.8 Å². The number of nitro groups is 1. The SMILES string of the molecule is Cc1ccccc1NC(=O)COc1ccc(/C=C2/C(=O)NC(=O)N(c3cccc([N+](=O)[O-])c3)C2=O)cc1. The van der Waals surface area contributed by atoms with Gasteiger partial charge in [0.2, 0.25) is 0 Å². The van der Waals surface area contributed by atoms with Crippen LogP contribution in [0.3, 0.4) is 0 Å². The smallest absolute Gasteiger partial charge is 0.335 e. The molecule has 3 aromatic carbocycles. The van der Waals surface area contributed by atoms with Crippen LogP contribution in [0.1, 0.15) is 11.1 Å². The fraction of sp³-hybridized carbons (Fsp3) is 0.0769. The predicted octanol–water partition coefficient (Wildman–Crippen LogP) is 3.59. The van der Waals surface area contributed by atoms with Crippen LogP contribution < -0.4 is 20.3 Å². The number of hydrogen-bond donors (Lipinski definition) is 2. The largest absolute Gasteiger partial charge is 0.484 e. The normalized spacial score (nSPS) is 14.4. The molecule has 0 radical (unpaired) electrons. The zero-order valence-electron chi connectivity index (χ0n) is 19.5. The van der Waals surface area contributed by atoms with Crippen molar-refractivity contribution >= 4 is 46.9 Å². The number of urea groups is 1. The van der Waals surface area contributed by atoms with Crippen LogP contribution in [-0.4, -0.2) is 35.3 Å². The fourth-order valence-corrected chi connectivity index (χ4v) is 3.51. The Morgan fingerprint density at radius 1 is 1.05 bits per heavy atom. The Morgan fingerprint density at radius 2 is 1.78 bits per heavy atom. The van der Waals surface area contributed by atoms with Crippen molar-refractivity contribution in [2.75, 3.05) is 16.8 Å². The van der Waals surface area contributed by atoms with E-state index in [-0.39, 0.29) is 29.5 Å². The molecule has 0 saturated carbocycles. The molecule has 5 amide bonds. The summed E-state index contributed by atoms with van der Waals surface area (Å²) in [5.41, 5.74) is 1.35. The number of nitro benzene ring substituents is 1. The van der Waals surface area contributed by atoms with Crippen LogP contribution in [0.4, 0.5) is 21.9 Å². The highest BCUT2D eigenvalue weighted by Gasteiger charge is 2.37. The highest BCUT2D eigenvalue weighted by Crippen LogP contribution is 2.26. The zero-order valence-corrected chi connectivity index (χ0v) is 19.5. The first-order chi connectivity index (χ1) is 17.7. The summed E-state index contributed by atoms with van der Waals surface area (Å²) < 4.78 is 5.50. The van der Waals surface area contributed by atoms with E-state index >= 15 is 0 Å². The summed E-state index contributed by atoms with van der Waals surface area (Å²) in [6, 6.07) is 17.5. The maximum absolute atomic E-state index is 13.0. The van der Waals surface area contributed by atoms with Crippen molar-refractivity contribution < 1.29 is 28.8 Å². The predicted molar refractivity (Wildman–Crippen MR) is 134 cm³/mol. The standard InChI is InChI=1S/C26H20N4O7/c1-16-5-2-3-8-22(16)27-23(31)15-37-20-11-9-17(10-12-20)13-21-24(32)28-26(34)29(25(21)33)18-6-4-7-19(14-18)30(35)36/h2-14H,15H2,1H3,(H,27,31)(H,28,32,34)/b21-13-. The zero-order chi connectivity index (χ0) is 26.5. The second kappa shape index (κ2) is 10.5. The summed E-state index contributed by atoms with van der Waals surface area (Å²) in [6.45, 7) is 1.65. The van der Waals surface area contributed by atoms with Crippen LogP contribution in [0.25, 0.3) is 6.08 Å². The van der Waals surface area contributed by atoms with E-state index in [1.165, 1.54) is 24.3 Å². The third-order valence-corrected chi connectivity index (χ3v) is 5.38. The number of hydrogen-bond acceptors (Lipinski definition) is 7. The lowest BCUT2D eigenvalue weighted by Gasteiger charge is -2.26. The van der Waals surface area contributed by atoms with E-state index in [1.54, 1.807) is 30.3 Å². The van der Waals surface area contributed by atoms with Gasteiger partial charge >= 0.3 is 6.03 Å². The van der Waals surface area contributed by atoms with Crippen LogP contribution in [-0.2, 0) is 14.4 Å². The molecule has 0 spiro atoms. The summed E-state index contributed by atoms with van der Waals surface area (Å²) in [6.07, 6.45) is 1.28. The van der Waals surface area contributed by atoms with Gasteiger partial charge in [-0.05, 0) is 48.4 Å². The minimum atomic E-state index is -1.01. The minimum absolute atomic E-state index is 0.0529. The second-order valence-corrected chi connectivity index (χ2v) is 7.96. The molecule has 11 heteroatoms. The van der Waals surface area contributed by atoms with E-state index in [4.69, 9.17) is 4.74 Å². The first-order valence-electron chi connectivity index (χ1n) is 11.0. The minimum Gasteiger partial charge on any atom is -0.484 e. The Labute approximate surface area is 210 Å². The number of carbonyl (C=O) groups is 4. The number of ether oxygens (including phenoxy) is 1. The second-order valence-electron chi connectivity index (χ2n) is 7.96. The van der Waals surface area contributed by atoms with E-state index < -0.39 is 22.8 Å². The number of non-ortho nitro benzene ring substituents is 1. The highest BCUT2D eigenvalue weighted by molar-refractivity contribution is 6.39. The first-order valence-corrected chi connectivity index (χ1v) is 11.0. The van der Waals surface area contributed by atoms with Crippen molar-refractivity contribution in [1.29, 1.82) is 0 Å². The molecule has 11 nitrogen and oxygen atoms in total. The molecule has 0 aliphatic carbocycles. The topological polar surface area (TPSA) is 148 Å². The molecule has 1 heterocycles. The van der Waals surface area contributed by atoms with Gasteiger partial charge in [-0.15, -0.1) is 0 Å². The third kappa shape index (κ3) is 5.68. The number of anilines is 2. The van der Waals surface area contributed by atoms with Crippen molar-refractivity contribution in [2.45, 2.75) is 6.92 Å². The van der Waals surface area contributed by atoms with Gasteiger partial charge in [0.1, 0.15) is 11.3 Å². The molecule has 0 bridgehead atoms. The van der Waals surface area contributed by atoms with Gasteiger partial charge in [0.25, 0.3) is 23.4 Å². The average Bonchev–Trinajstić information content (AvgIpc) is 2.87. The molecule has 4 rings (SSSR count). The van der Waals surface area contributed by atoms with E-state index in [9.17, 15) is 29.3 Å². The van der Waals surface area contributed by atoms with E-state index in [0.29, 0.717) is 21.9 Å². The van der Waals surface area contributed by atoms with Crippen molar-refractivity contribution in [1.82, 2.24) is 5.32 Å². The Kier molecular flexibility index (Phi) is 7.05. The third-order valence-electron chi connectivity index (χ3n) is 5.38. The van der Waals surface area contributed by atoms with Crippen molar-refractivity contribution in [3.05, 3.63) is 99.6 Å².